The average Bonchev–Trinajstić information content (AvgIpc) is 3.11. The minimum Gasteiger partial charge on any atom is -0.355 e. The number of nitrogens with zero attached hydrogens (tertiary/aromatic N) is 4. The first-order valence-electron chi connectivity index (χ1n) is 9.24. The van der Waals surface area contributed by atoms with Crippen molar-refractivity contribution < 1.29 is 4.79 Å². The SMILES string of the molecule is Cc1cnc(CCN(C)C(=NCC(=O)N(C)C)NCCSc2ccccc2)s1. The Bertz CT molecular complexity index is 761. The molecule has 8 heteroatoms. The summed E-state index contributed by atoms with van der Waals surface area (Å²) in [6.07, 6.45) is 2.76. The number of hydrogen-bond acceptors (Lipinski definition) is 5. The molecule has 0 unspecified atom stereocenters. The highest BCUT2D eigenvalue weighted by molar-refractivity contribution is 7.99. The molecule has 0 aliphatic rings. The lowest BCUT2D eigenvalue weighted by Gasteiger charge is -2.22. The molecule has 0 spiro atoms. The molecule has 2 rings (SSSR count). The van der Waals surface area contributed by atoms with E-state index in [4.69, 9.17) is 0 Å². The highest BCUT2D eigenvalue weighted by Gasteiger charge is 2.10. The number of aryl methyl sites for hydroxylation is 1. The lowest BCUT2D eigenvalue weighted by molar-refractivity contribution is -0.127. The first-order valence-corrected chi connectivity index (χ1v) is 11.0. The van der Waals surface area contributed by atoms with Gasteiger partial charge in [-0.05, 0) is 19.1 Å². The van der Waals surface area contributed by atoms with Crippen LogP contribution in [0.4, 0.5) is 0 Å². The predicted octanol–water partition coefficient (Wildman–Crippen LogP) is 2.75. The highest BCUT2D eigenvalue weighted by atomic mass is 32.2. The van der Waals surface area contributed by atoms with Gasteiger partial charge >= 0.3 is 0 Å². The van der Waals surface area contributed by atoms with Gasteiger partial charge in [-0.25, -0.2) is 9.98 Å². The zero-order chi connectivity index (χ0) is 20.4. The van der Waals surface area contributed by atoms with E-state index in [1.165, 1.54) is 9.77 Å². The maximum absolute atomic E-state index is 11.9. The third-order valence-corrected chi connectivity index (χ3v) is 5.94. The zero-order valence-electron chi connectivity index (χ0n) is 17.0. The van der Waals surface area contributed by atoms with Crippen LogP contribution in [0.2, 0.25) is 0 Å². The topological polar surface area (TPSA) is 60.8 Å². The summed E-state index contributed by atoms with van der Waals surface area (Å²) >= 11 is 3.52. The highest BCUT2D eigenvalue weighted by Crippen LogP contribution is 2.16. The number of thioether (sulfide) groups is 1. The van der Waals surface area contributed by atoms with Gasteiger partial charge in [0.2, 0.25) is 5.91 Å². The van der Waals surface area contributed by atoms with Crippen molar-refractivity contribution >= 4 is 35.0 Å². The molecule has 152 valence electrons. The number of guanidine groups is 1. The van der Waals surface area contributed by atoms with Crippen molar-refractivity contribution in [2.45, 2.75) is 18.2 Å². The largest absolute Gasteiger partial charge is 0.355 e. The van der Waals surface area contributed by atoms with Gasteiger partial charge in [0.05, 0.1) is 5.01 Å². The quantitative estimate of drug-likeness (QED) is 0.293. The number of rotatable bonds is 9. The van der Waals surface area contributed by atoms with Crippen LogP contribution in [0.3, 0.4) is 0 Å². The number of likely N-dealkylation sites (N-methyl/N-ethyl adjacent to an activating group) is 2. The molecule has 0 radical (unpaired) electrons. The van der Waals surface area contributed by atoms with E-state index < -0.39 is 0 Å². The smallest absolute Gasteiger partial charge is 0.243 e. The number of aromatic nitrogens is 1. The Morgan fingerprint density at radius 1 is 1.25 bits per heavy atom. The van der Waals surface area contributed by atoms with Crippen molar-refractivity contribution in [3.05, 3.63) is 46.4 Å². The fourth-order valence-corrected chi connectivity index (χ4v) is 3.90. The van der Waals surface area contributed by atoms with E-state index in [2.05, 4.69) is 39.2 Å². The molecule has 1 N–H and O–H groups in total. The van der Waals surface area contributed by atoms with Gasteiger partial charge in [-0.1, -0.05) is 18.2 Å². The Hall–Kier alpha value is -2.06. The molecule has 1 amide bonds. The first-order chi connectivity index (χ1) is 13.5. The summed E-state index contributed by atoms with van der Waals surface area (Å²) in [5.74, 6) is 1.66. The molecule has 28 heavy (non-hydrogen) atoms. The summed E-state index contributed by atoms with van der Waals surface area (Å²) in [4.78, 5) is 27.0. The number of aliphatic imine (C=N–C) groups is 1. The summed E-state index contributed by atoms with van der Waals surface area (Å²) in [6.45, 7) is 3.77. The van der Waals surface area contributed by atoms with E-state index in [-0.39, 0.29) is 12.5 Å². The molecular formula is C20H29N5OS2. The van der Waals surface area contributed by atoms with Crippen LogP contribution in [0.1, 0.15) is 9.88 Å². The summed E-state index contributed by atoms with van der Waals surface area (Å²) in [6, 6.07) is 10.3. The maximum atomic E-state index is 11.9. The van der Waals surface area contributed by atoms with Crippen molar-refractivity contribution in [2.24, 2.45) is 4.99 Å². The van der Waals surface area contributed by atoms with Crippen LogP contribution >= 0.6 is 23.1 Å². The molecule has 0 aliphatic carbocycles. The van der Waals surface area contributed by atoms with Gasteiger partial charge in [0.15, 0.2) is 5.96 Å². The average molecular weight is 420 g/mol. The zero-order valence-corrected chi connectivity index (χ0v) is 18.6. The number of nitrogens with one attached hydrogen (secondary N) is 1. The molecular weight excluding hydrogens is 390 g/mol. The molecule has 0 aliphatic heterocycles. The van der Waals surface area contributed by atoms with Gasteiger partial charge < -0.3 is 15.1 Å². The molecule has 1 heterocycles. The van der Waals surface area contributed by atoms with E-state index >= 15 is 0 Å². The number of carbonyl (C=O) groups is 1. The Morgan fingerprint density at radius 3 is 2.64 bits per heavy atom. The molecule has 2 aromatic rings. The Morgan fingerprint density at radius 2 is 2.00 bits per heavy atom. The van der Waals surface area contributed by atoms with Crippen LogP contribution < -0.4 is 5.32 Å². The molecule has 6 nitrogen and oxygen atoms in total. The normalized spacial score (nSPS) is 11.4. The third-order valence-electron chi connectivity index (χ3n) is 3.95. The number of benzene rings is 1. The molecule has 0 fully saturated rings. The second-order valence-electron chi connectivity index (χ2n) is 6.55. The number of hydrogen-bond donors (Lipinski definition) is 1. The fraction of sp³-hybridized carbons (Fsp3) is 0.450. The third kappa shape index (κ3) is 7.90. The second-order valence-corrected chi connectivity index (χ2v) is 9.04. The van der Waals surface area contributed by atoms with Crippen molar-refractivity contribution in [1.29, 1.82) is 0 Å². The van der Waals surface area contributed by atoms with Crippen molar-refractivity contribution in [2.75, 3.05) is 46.5 Å². The molecule has 0 saturated carbocycles. The van der Waals surface area contributed by atoms with Crippen LogP contribution in [0.15, 0.2) is 46.4 Å². The van der Waals surface area contributed by atoms with Crippen LogP contribution in [0, 0.1) is 6.92 Å². The molecule has 0 saturated heterocycles. The van der Waals surface area contributed by atoms with Crippen molar-refractivity contribution in [3.8, 4) is 0 Å². The maximum Gasteiger partial charge on any atom is 0.243 e. The second kappa shape index (κ2) is 11.7. The number of thiazole rings is 1. The van der Waals surface area contributed by atoms with Crippen molar-refractivity contribution in [3.63, 3.8) is 0 Å². The number of carbonyl (C=O) groups excluding carboxylic acids is 1. The molecule has 1 aromatic heterocycles. The number of amides is 1. The Kier molecular flexibility index (Phi) is 9.30. The van der Waals surface area contributed by atoms with E-state index in [9.17, 15) is 4.79 Å². The van der Waals surface area contributed by atoms with Gasteiger partial charge in [0, 0.05) is 62.4 Å². The van der Waals surface area contributed by atoms with Gasteiger partial charge in [-0.15, -0.1) is 23.1 Å². The van der Waals surface area contributed by atoms with Crippen LogP contribution in [-0.2, 0) is 11.2 Å². The fourth-order valence-electron chi connectivity index (χ4n) is 2.33. The van der Waals surface area contributed by atoms with E-state index in [1.54, 1.807) is 42.1 Å². The van der Waals surface area contributed by atoms with Gasteiger partial charge in [0.1, 0.15) is 6.54 Å². The van der Waals surface area contributed by atoms with Gasteiger partial charge in [-0.2, -0.15) is 0 Å². The summed E-state index contributed by atoms with van der Waals surface area (Å²) < 4.78 is 0. The predicted molar refractivity (Wildman–Crippen MR) is 119 cm³/mol. The van der Waals surface area contributed by atoms with E-state index in [1.807, 2.05) is 31.4 Å². The summed E-state index contributed by atoms with van der Waals surface area (Å²) in [7, 11) is 5.49. The van der Waals surface area contributed by atoms with Gasteiger partial charge in [0.25, 0.3) is 0 Å². The monoisotopic (exact) mass is 419 g/mol. The Balaban J connectivity index is 1.89. The van der Waals surface area contributed by atoms with E-state index in [0.717, 1.165) is 36.2 Å². The van der Waals surface area contributed by atoms with Crippen molar-refractivity contribution in [1.82, 2.24) is 20.1 Å². The van der Waals surface area contributed by atoms with E-state index in [0.29, 0.717) is 0 Å². The lowest BCUT2D eigenvalue weighted by Crippen LogP contribution is -2.41. The summed E-state index contributed by atoms with van der Waals surface area (Å²) in [5.41, 5.74) is 0. The molecule has 0 bridgehead atoms. The standard InChI is InChI=1S/C20H29N5OS2/c1-16-14-22-18(28-16)10-12-25(4)20(23-15-19(26)24(2)3)21-11-13-27-17-8-6-5-7-9-17/h5-9,14H,10-13,15H2,1-4H3,(H,21,23). The first kappa shape index (κ1) is 22.2. The molecule has 1 aromatic carbocycles. The Labute approximate surface area is 176 Å². The van der Waals surface area contributed by atoms with Crippen LogP contribution in [0.25, 0.3) is 0 Å². The minimum atomic E-state index is -0.0121. The minimum absolute atomic E-state index is 0.0121. The van der Waals surface area contributed by atoms with Gasteiger partial charge in [-0.3, -0.25) is 4.79 Å². The summed E-state index contributed by atoms with van der Waals surface area (Å²) in [5, 5.41) is 4.51. The lowest BCUT2D eigenvalue weighted by atomic mass is 10.4. The van der Waals surface area contributed by atoms with Crippen LogP contribution in [0.5, 0.6) is 0 Å². The van der Waals surface area contributed by atoms with Crippen LogP contribution in [-0.4, -0.2) is 73.2 Å². The molecule has 0 atom stereocenters.